The molecular formula is C8H13NO. The van der Waals surface area contributed by atoms with Crippen LogP contribution < -0.4 is 4.74 Å². The Morgan fingerprint density at radius 3 is 2.40 bits per heavy atom. The summed E-state index contributed by atoms with van der Waals surface area (Å²) in [5, 5.41) is 0. The molecule has 0 unspecified atom stereocenters. The highest BCUT2D eigenvalue weighted by molar-refractivity contribution is 5.14. The zero-order chi connectivity index (χ0) is 7.82. The Labute approximate surface area is 61.9 Å². The number of ether oxygens (including phenoxy) is 1. The first-order valence-corrected chi connectivity index (χ1v) is 3.37. The van der Waals surface area contributed by atoms with Crippen molar-refractivity contribution in [2.45, 2.75) is 13.8 Å². The average Bonchev–Trinajstić information content (AvgIpc) is 2.10. The molecule has 0 N–H and O–H groups in total. The highest BCUT2D eigenvalue weighted by Gasteiger charge is 1.81. The number of methoxy groups -OCH3 is 1. The van der Waals surface area contributed by atoms with Crippen LogP contribution in [0.5, 0.6) is 5.75 Å². The lowest BCUT2D eigenvalue weighted by molar-refractivity contribution is 0.413. The van der Waals surface area contributed by atoms with Crippen molar-refractivity contribution in [3.63, 3.8) is 0 Å². The van der Waals surface area contributed by atoms with Crippen molar-refractivity contribution in [2.75, 3.05) is 7.11 Å². The molecule has 2 heteroatoms. The van der Waals surface area contributed by atoms with E-state index in [4.69, 9.17) is 4.74 Å². The molecule has 1 rings (SSSR count). The van der Waals surface area contributed by atoms with Crippen LogP contribution in [0, 0.1) is 0 Å². The zero-order valence-corrected chi connectivity index (χ0v) is 6.66. The van der Waals surface area contributed by atoms with Crippen molar-refractivity contribution in [3.8, 4) is 5.75 Å². The summed E-state index contributed by atoms with van der Waals surface area (Å²) in [5.41, 5.74) is 0. The summed E-state index contributed by atoms with van der Waals surface area (Å²) in [5.74, 6) is 0.799. The van der Waals surface area contributed by atoms with Crippen LogP contribution in [-0.4, -0.2) is 12.1 Å². The van der Waals surface area contributed by atoms with Crippen LogP contribution in [0.15, 0.2) is 24.5 Å². The van der Waals surface area contributed by atoms with Crippen molar-refractivity contribution in [2.24, 2.45) is 0 Å². The van der Waals surface area contributed by atoms with E-state index in [0.717, 1.165) is 5.75 Å². The van der Waals surface area contributed by atoms with Gasteiger partial charge in [0.1, 0.15) is 5.75 Å². The molecular weight excluding hydrogens is 126 g/mol. The van der Waals surface area contributed by atoms with Gasteiger partial charge in [-0.15, -0.1) is 0 Å². The van der Waals surface area contributed by atoms with E-state index in [1.165, 1.54) is 0 Å². The SMILES string of the molecule is CC.COc1cccnc1. The highest BCUT2D eigenvalue weighted by Crippen LogP contribution is 2.02. The molecule has 0 bridgehead atoms. The van der Waals surface area contributed by atoms with Crippen LogP contribution in [0.3, 0.4) is 0 Å². The van der Waals surface area contributed by atoms with Crippen LogP contribution in [0.1, 0.15) is 13.8 Å². The molecule has 0 amide bonds. The lowest BCUT2D eigenvalue weighted by atomic mass is 10.5. The van der Waals surface area contributed by atoms with E-state index in [1.54, 1.807) is 19.5 Å². The summed E-state index contributed by atoms with van der Waals surface area (Å²) in [6, 6.07) is 3.69. The minimum atomic E-state index is 0.799. The Morgan fingerprint density at radius 2 is 2.10 bits per heavy atom. The molecule has 0 aliphatic rings. The molecule has 0 saturated carbocycles. The Bertz CT molecular complexity index is 151. The monoisotopic (exact) mass is 139 g/mol. The fourth-order valence-corrected chi connectivity index (χ4v) is 0.468. The molecule has 0 atom stereocenters. The summed E-state index contributed by atoms with van der Waals surface area (Å²) in [6.07, 6.45) is 3.38. The van der Waals surface area contributed by atoms with Crippen molar-refractivity contribution in [1.82, 2.24) is 4.98 Å². The van der Waals surface area contributed by atoms with Crippen LogP contribution in [0.4, 0.5) is 0 Å². The van der Waals surface area contributed by atoms with E-state index in [-0.39, 0.29) is 0 Å². The standard InChI is InChI=1S/C6H7NO.C2H6/c1-8-6-3-2-4-7-5-6;1-2/h2-5H,1H3;1-2H3. The van der Waals surface area contributed by atoms with Crippen LogP contribution in [0.2, 0.25) is 0 Å². The van der Waals surface area contributed by atoms with Gasteiger partial charge in [-0.2, -0.15) is 0 Å². The lowest BCUT2D eigenvalue weighted by Crippen LogP contribution is -1.80. The Hall–Kier alpha value is -1.05. The maximum Gasteiger partial charge on any atom is 0.137 e. The van der Waals surface area contributed by atoms with E-state index >= 15 is 0 Å². The minimum absolute atomic E-state index is 0.799. The second kappa shape index (κ2) is 6.08. The third kappa shape index (κ3) is 3.07. The molecule has 1 aromatic heterocycles. The predicted octanol–water partition coefficient (Wildman–Crippen LogP) is 2.12. The smallest absolute Gasteiger partial charge is 0.137 e. The molecule has 0 fully saturated rings. The van der Waals surface area contributed by atoms with Crippen molar-refractivity contribution < 1.29 is 4.74 Å². The molecule has 0 radical (unpaired) electrons. The lowest BCUT2D eigenvalue weighted by Gasteiger charge is -1.93. The van der Waals surface area contributed by atoms with Gasteiger partial charge in [-0.05, 0) is 12.1 Å². The van der Waals surface area contributed by atoms with Gasteiger partial charge in [0, 0.05) is 6.20 Å². The van der Waals surface area contributed by atoms with Gasteiger partial charge in [-0.1, -0.05) is 13.8 Å². The number of pyridine rings is 1. The quantitative estimate of drug-likeness (QED) is 0.594. The van der Waals surface area contributed by atoms with Gasteiger partial charge in [-0.3, -0.25) is 4.98 Å². The van der Waals surface area contributed by atoms with Gasteiger partial charge in [0.15, 0.2) is 0 Å². The molecule has 0 spiro atoms. The molecule has 0 aromatic carbocycles. The van der Waals surface area contributed by atoms with Crippen molar-refractivity contribution in [3.05, 3.63) is 24.5 Å². The highest BCUT2D eigenvalue weighted by atomic mass is 16.5. The maximum absolute atomic E-state index is 4.85. The summed E-state index contributed by atoms with van der Waals surface area (Å²) < 4.78 is 4.85. The molecule has 1 aromatic rings. The number of hydrogen-bond donors (Lipinski definition) is 0. The van der Waals surface area contributed by atoms with E-state index in [2.05, 4.69) is 4.98 Å². The predicted molar refractivity (Wildman–Crippen MR) is 42.1 cm³/mol. The van der Waals surface area contributed by atoms with Crippen molar-refractivity contribution >= 4 is 0 Å². The Kier molecular flexibility index (Phi) is 5.44. The summed E-state index contributed by atoms with van der Waals surface area (Å²) in [7, 11) is 1.62. The van der Waals surface area contributed by atoms with Gasteiger partial charge < -0.3 is 4.74 Å². The Balaban J connectivity index is 0.000000371. The molecule has 10 heavy (non-hydrogen) atoms. The number of rotatable bonds is 1. The topological polar surface area (TPSA) is 22.1 Å². The second-order valence-corrected chi connectivity index (χ2v) is 1.39. The third-order valence-corrected chi connectivity index (χ3v) is 0.870. The maximum atomic E-state index is 4.85. The number of aromatic nitrogens is 1. The van der Waals surface area contributed by atoms with E-state index in [1.807, 2.05) is 26.0 Å². The first kappa shape index (κ1) is 8.95. The van der Waals surface area contributed by atoms with Gasteiger partial charge >= 0.3 is 0 Å². The van der Waals surface area contributed by atoms with Gasteiger partial charge in [-0.25, -0.2) is 0 Å². The summed E-state index contributed by atoms with van der Waals surface area (Å²) in [6.45, 7) is 4.00. The average molecular weight is 139 g/mol. The van der Waals surface area contributed by atoms with Gasteiger partial charge in [0.05, 0.1) is 13.3 Å². The van der Waals surface area contributed by atoms with E-state index in [0.29, 0.717) is 0 Å². The molecule has 2 nitrogen and oxygen atoms in total. The van der Waals surface area contributed by atoms with Crippen molar-refractivity contribution in [1.29, 1.82) is 0 Å². The van der Waals surface area contributed by atoms with Crippen LogP contribution >= 0.6 is 0 Å². The molecule has 0 aliphatic carbocycles. The van der Waals surface area contributed by atoms with E-state index < -0.39 is 0 Å². The third-order valence-electron chi connectivity index (χ3n) is 0.870. The van der Waals surface area contributed by atoms with Gasteiger partial charge in [0.2, 0.25) is 0 Å². The summed E-state index contributed by atoms with van der Waals surface area (Å²) in [4.78, 5) is 3.83. The fraction of sp³-hybridized carbons (Fsp3) is 0.375. The largest absolute Gasteiger partial charge is 0.495 e. The Morgan fingerprint density at radius 1 is 1.40 bits per heavy atom. The first-order chi connectivity index (χ1) is 4.93. The minimum Gasteiger partial charge on any atom is -0.495 e. The first-order valence-electron chi connectivity index (χ1n) is 3.37. The molecule has 0 saturated heterocycles. The number of hydrogen-bond acceptors (Lipinski definition) is 2. The number of nitrogens with zero attached hydrogens (tertiary/aromatic N) is 1. The molecule has 56 valence electrons. The molecule has 1 heterocycles. The summed E-state index contributed by atoms with van der Waals surface area (Å²) >= 11 is 0. The van der Waals surface area contributed by atoms with Crippen LogP contribution in [-0.2, 0) is 0 Å². The molecule has 0 aliphatic heterocycles. The second-order valence-electron chi connectivity index (χ2n) is 1.39. The fourth-order valence-electron chi connectivity index (χ4n) is 0.468. The van der Waals surface area contributed by atoms with Gasteiger partial charge in [0.25, 0.3) is 0 Å². The van der Waals surface area contributed by atoms with E-state index in [9.17, 15) is 0 Å². The normalized spacial score (nSPS) is 7.50. The van der Waals surface area contributed by atoms with Crippen LogP contribution in [0.25, 0.3) is 0 Å². The zero-order valence-electron chi connectivity index (χ0n) is 6.66.